The van der Waals surface area contributed by atoms with Gasteiger partial charge in [-0.15, -0.1) is 0 Å². The van der Waals surface area contributed by atoms with Crippen molar-refractivity contribution in [3.8, 4) is 22.8 Å². The second kappa shape index (κ2) is 10.8. The van der Waals surface area contributed by atoms with Crippen LogP contribution in [0.25, 0.3) is 22.2 Å². The summed E-state index contributed by atoms with van der Waals surface area (Å²) in [6.07, 6.45) is 1.52. The average Bonchev–Trinajstić information content (AvgIpc) is 2.86. The van der Waals surface area contributed by atoms with Crippen LogP contribution >= 0.6 is 11.6 Å². The molecular formula is C27H24ClN3O3. The van der Waals surface area contributed by atoms with E-state index in [0.29, 0.717) is 46.6 Å². The van der Waals surface area contributed by atoms with Gasteiger partial charge in [0.1, 0.15) is 0 Å². The SMILES string of the molecule is CCOc1cc(/C=N/NC(=O)c2cc(-c3ccccc3)nc3ccccc23)cc(Cl)c1OCC. The van der Waals surface area contributed by atoms with Crippen LogP contribution < -0.4 is 14.9 Å². The summed E-state index contributed by atoms with van der Waals surface area (Å²) in [7, 11) is 0. The maximum absolute atomic E-state index is 13.1. The van der Waals surface area contributed by atoms with Crippen molar-refractivity contribution in [1.29, 1.82) is 0 Å². The van der Waals surface area contributed by atoms with E-state index in [1.54, 1.807) is 18.2 Å². The van der Waals surface area contributed by atoms with Gasteiger partial charge in [0.25, 0.3) is 5.91 Å². The minimum absolute atomic E-state index is 0.339. The molecule has 1 amide bonds. The Hall–Kier alpha value is -3.90. The van der Waals surface area contributed by atoms with Gasteiger partial charge >= 0.3 is 0 Å². The molecular weight excluding hydrogens is 450 g/mol. The third-order valence-electron chi connectivity index (χ3n) is 5.03. The zero-order chi connectivity index (χ0) is 23.9. The monoisotopic (exact) mass is 473 g/mol. The summed E-state index contributed by atoms with van der Waals surface area (Å²) < 4.78 is 11.2. The van der Waals surface area contributed by atoms with Gasteiger partial charge in [0.15, 0.2) is 11.5 Å². The lowest BCUT2D eigenvalue weighted by Crippen LogP contribution is -2.18. The summed E-state index contributed by atoms with van der Waals surface area (Å²) in [6.45, 7) is 4.69. The first-order valence-corrected chi connectivity index (χ1v) is 11.4. The van der Waals surface area contributed by atoms with Gasteiger partial charge in [-0.05, 0) is 43.7 Å². The molecule has 172 valence electrons. The molecule has 0 bridgehead atoms. The van der Waals surface area contributed by atoms with Gasteiger partial charge in [-0.2, -0.15) is 5.10 Å². The molecule has 6 nitrogen and oxygen atoms in total. The highest BCUT2D eigenvalue weighted by Crippen LogP contribution is 2.36. The first-order chi connectivity index (χ1) is 16.6. The van der Waals surface area contributed by atoms with Crippen LogP contribution in [0.2, 0.25) is 5.02 Å². The Labute approximate surface area is 203 Å². The standard InChI is InChI=1S/C27H24ClN3O3/c1-3-33-25-15-18(14-22(28)26(25)34-4-2)17-29-31-27(32)21-16-24(19-10-6-5-7-11-19)30-23-13-9-8-12-20(21)23/h5-17H,3-4H2,1-2H3,(H,31,32)/b29-17+. The fourth-order valence-electron chi connectivity index (χ4n) is 3.56. The number of ether oxygens (including phenoxy) is 2. The molecule has 0 saturated carbocycles. The van der Waals surface area contributed by atoms with Crippen molar-refractivity contribution >= 4 is 34.6 Å². The number of benzene rings is 3. The van der Waals surface area contributed by atoms with Gasteiger partial charge in [-0.3, -0.25) is 4.79 Å². The number of nitrogens with zero attached hydrogens (tertiary/aromatic N) is 2. The molecule has 0 saturated heterocycles. The number of halogens is 1. The Balaban J connectivity index is 1.62. The molecule has 4 rings (SSSR count). The Bertz CT molecular complexity index is 1340. The van der Waals surface area contributed by atoms with Crippen LogP contribution in [-0.4, -0.2) is 30.3 Å². The topological polar surface area (TPSA) is 72.8 Å². The van der Waals surface area contributed by atoms with Crippen LogP contribution in [0.5, 0.6) is 11.5 Å². The number of carbonyl (C=O) groups is 1. The normalized spacial score (nSPS) is 11.0. The average molecular weight is 474 g/mol. The summed E-state index contributed by atoms with van der Waals surface area (Å²) in [6, 6.07) is 22.5. The molecule has 1 heterocycles. The largest absolute Gasteiger partial charge is 0.490 e. The number of hydrogen-bond donors (Lipinski definition) is 1. The third kappa shape index (κ3) is 5.18. The smallest absolute Gasteiger partial charge is 0.272 e. The lowest BCUT2D eigenvalue weighted by Gasteiger charge is -2.13. The van der Waals surface area contributed by atoms with E-state index >= 15 is 0 Å². The summed E-state index contributed by atoms with van der Waals surface area (Å²) >= 11 is 6.37. The van der Waals surface area contributed by atoms with E-state index in [4.69, 9.17) is 26.1 Å². The molecule has 0 radical (unpaired) electrons. The second-order valence-corrected chi connectivity index (χ2v) is 7.74. The van der Waals surface area contributed by atoms with Gasteiger partial charge in [-0.25, -0.2) is 10.4 Å². The first-order valence-electron chi connectivity index (χ1n) is 11.0. The van der Waals surface area contributed by atoms with Crippen molar-refractivity contribution < 1.29 is 14.3 Å². The number of nitrogens with one attached hydrogen (secondary N) is 1. The zero-order valence-corrected chi connectivity index (χ0v) is 19.7. The molecule has 0 spiro atoms. The van der Waals surface area contributed by atoms with E-state index in [1.807, 2.05) is 68.4 Å². The summed E-state index contributed by atoms with van der Waals surface area (Å²) in [5, 5.41) is 5.30. The lowest BCUT2D eigenvalue weighted by atomic mass is 10.0. The number of amides is 1. The van der Waals surface area contributed by atoms with Crippen molar-refractivity contribution in [2.24, 2.45) is 5.10 Å². The molecule has 0 aliphatic heterocycles. The van der Waals surface area contributed by atoms with E-state index in [2.05, 4.69) is 10.5 Å². The molecule has 0 atom stereocenters. The fourth-order valence-corrected chi connectivity index (χ4v) is 3.83. The highest BCUT2D eigenvalue weighted by molar-refractivity contribution is 6.32. The maximum atomic E-state index is 13.1. The molecule has 7 heteroatoms. The third-order valence-corrected chi connectivity index (χ3v) is 5.31. The summed E-state index contributed by atoms with van der Waals surface area (Å²) in [5.41, 5.74) is 6.15. The Kier molecular flexibility index (Phi) is 7.40. The molecule has 0 fully saturated rings. The summed E-state index contributed by atoms with van der Waals surface area (Å²) in [5.74, 6) is 0.676. The van der Waals surface area contributed by atoms with Crippen molar-refractivity contribution in [1.82, 2.24) is 10.4 Å². The molecule has 0 unspecified atom stereocenters. The van der Waals surface area contributed by atoms with Gasteiger partial charge in [0.05, 0.1) is 41.2 Å². The zero-order valence-electron chi connectivity index (χ0n) is 18.9. The number of carbonyl (C=O) groups excluding carboxylic acids is 1. The highest BCUT2D eigenvalue weighted by atomic mass is 35.5. The van der Waals surface area contributed by atoms with Crippen LogP contribution in [-0.2, 0) is 0 Å². The van der Waals surface area contributed by atoms with Crippen LogP contribution in [0, 0.1) is 0 Å². The Morgan fingerprint density at radius 1 is 1.00 bits per heavy atom. The van der Waals surface area contributed by atoms with Gasteiger partial charge < -0.3 is 9.47 Å². The molecule has 0 aliphatic carbocycles. The number of aromatic nitrogens is 1. The van der Waals surface area contributed by atoms with Crippen molar-refractivity contribution in [2.45, 2.75) is 13.8 Å². The quantitative estimate of drug-likeness (QED) is 0.247. The Morgan fingerprint density at radius 2 is 1.74 bits per heavy atom. The molecule has 1 N–H and O–H groups in total. The van der Waals surface area contributed by atoms with E-state index in [9.17, 15) is 4.79 Å². The minimum Gasteiger partial charge on any atom is -0.490 e. The predicted molar refractivity (Wildman–Crippen MR) is 136 cm³/mol. The van der Waals surface area contributed by atoms with E-state index in [-0.39, 0.29) is 5.91 Å². The fraction of sp³-hybridized carbons (Fsp3) is 0.148. The molecule has 0 aliphatic rings. The molecule has 1 aromatic heterocycles. The maximum Gasteiger partial charge on any atom is 0.272 e. The van der Waals surface area contributed by atoms with Gasteiger partial charge in [0.2, 0.25) is 0 Å². The number of para-hydroxylation sites is 1. The van der Waals surface area contributed by atoms with Crippen molar-refractivity contribution in [3.05, 3.63) is 88.9 Å². The molecule has 34 heavy (non-hydrogen) atoms. The van der Waals surface area contributed by atoms with E-state index < -0.39 is 0 Å². The number of pyridine rings is 1. The first kappa shape index (κ1) is 23.3. The summed E-state index contributed by atoms with van der Waals surface area (Å²) in [4.78, 5) is 17.8. The highest BCUT2D eigenvalue weighted by Gasteiger charge is 2.14. The number of hydrogen-bond acceptors (Lipinski definition) is 5. The van der Waals surface area contributed by atoms with Crippen LogP contribution in [0.1, 0.15) is 29.8 Å². The van der Waals surface area contributed by atoms with Crippen molar-refractivity contribution in [2.75, 3.05) is 13.2 Å². The van der Waals surface area contributed by atoms with Gasteiger partial charge in [0, 0.05) is 10.9 Å². The van der Waals surface area contributed by atoms with Gasteiger partial charge in [-0.1, -0.05) is 60.1 Å². The van der Waals surface area contributed by atoms with Crippen molar-refractivity contribution in [3.63, 3.8) is 0 Å². The van der Waals surface area contributed by atoms with Crippen LogP contribution in [0.4, 0.5) is 0 Å². The lowest BCUT2D eigenvalue weighted by molar-refractivity contribution is 0.0956. The number of rotatable bonds is 8. The van der Waals surface area contributed by atoms with Crippen LogP contribution in [0.15, 0.2) is 77.9 Å². The van der Waals surface area contributed by atoms with E-state index in [0.717, 1.165) is 16.5 Å². The van der Waals surface area contributed by atoms with Crippen LogP contribution in [0.3, 0.4) is 0 Å². The second-order valence-electron chi connectivity index (χ2n) is 7.33. The minimum atomic E-state index is -0.339. The molecule has 4 aromatic rings. The Morgan fingerprint density at radius 3 is 2.50 bits per heavy atom. The number of fused-ring (bicyclic) bond motifs is 1. The molecule has 3 aromatic carbocycles. The number of hydrazone groups is 1. The van der Waals surface area contributed by atoms with E-state index in [1.165, 1.54) is 6.21 Å². The predicted octanol–water partition coefficient (Wildman–Crippen LogP) is 6.12.